The van der Waals surface area contributed by atoms with Crippen molar-refractivity contribution in [3.8, 4) is 11.5 Å². The maximum absolute atomic E-state index is 13.1. The first kappa shape index (κ1) is 27.0. The Kier molecular flexibility index (Phi) is 8.44. The van der Waals surface area contributed by atoms with E-state index in [-0.39, 0.29) is 22.2 Å². The van der Waals surface area contributed by atoms with Gasteiger partial charge in [-0.05, 0) is 79.2 Å². The summed E-state index contributed by atoms with van der Waals surface area (Å²) in [5.74, 6) is 0.395. The van der Waals surface area contributed by atoms with Gasteiger partial charge in [0.05, 0.1) is 27.2 Å². The molecule has 0 aliphatic heterocycles. The number of carbonyl (C=O) groups excluding carboxylic acids is 1. The first-order valence-corrected chi connectivity index (χ1v) is 14.1. The van der Waals surface area contributed by atoms with Crippen LogP contribution >= 0.6 is 39.1 Å². The van der Waals surface area contributed by atoms with Crippen molar-refractivity contribution in [2.45, 2.75) is 17.9 Å². The third-order valence-corrected chi connectivity index (χ3v) is 7.84. The van der Waals surface area contributed by atoms with Crippen molar-refractivity contribution in [3.05, 3.63) is 117 Å². The maximum atomic E-state index is 13.1. The van der Waals surface area contributed by atoms with Crippen LogP contribution in [-0.2, 0) is 10.0 Å². The van der Waals surface area contributed by atoms with E-state index in [0.717, 1.165) is 10.0 Å². The Morgan fingerprint density at radius 3 is 2.27 bits per heavy atom. The third kappa shape index (κ3) is 6.84. The lowest BCUT2D eigenvalue weighted by molar-refractivity contribution is 0.0941. The van der Waals surface area contributed by atoms with Crippen LogP contribution in [0.1, 0.15) is 28.9 Å². The SMILES string of the molecule is C[C@H](NC(=O)c1cc(Cl)ccc1NS(=O)(=O)c1ccc(Oc2ccccc2Cl)cc1)c1ccc(Br)cc1. The molecule has 0 spiro atoms. The van der Waals surface area contributed by atoms with Crippen LogP contribution in [0, 0.1) is 0 Å². The minimum absolute atomic E-state index is 0.0106. The Hall–Kier alpha value is -3.04. The van der Waals surface area contributed by atoms with Crippen LogP contribution in [0.2, 0.25) is 10.0 Å². The Bertz CT molecular complexity index is 1530. The van der Waals surface area contributed by atoms with Crippen LogP contribution < -0.4 is 14.8 Å². The number of amides is 1. The topological polar surface area (TPSA) is 84.5 Å². The zero-order valence-electron chi connectivity index (χ0n) is 19.4. The summed E-state index contributed by atoms with van der Waals surface area (Å²) in [5, 5.41) is 3.62. The van der Waals surface area contributed by atoms with Gasteiger partial charge in [0.15, 0.2) is 0 Å². The van der Waals surface area contributed by atoms with Crippen LogP contribution in [-0.4, -0.2) is 14.3 Å². The molecular formula is C27H21BrCl2N2O4S. The fourth-order valence-electron chi connectivity index (χ4n) is 3.45. The summed E-state index contributed by atoms with van der Waals surface area (Å²) in [6.45, 7) is 1.84. The van der Waals surface area contributed by atoms with E-state index in [4.69, 9.17) is 27.9 Å². The molecule has 0 aliphatic rings. The summed E-state index contributed by atoms with van der Waals surface area (Å²) in [7, 11) is -4.03. The molecule has 4 aromatic carbocycles. The minimum Gasteiger partial charge on any atom is -0.456 e. The number of rotatable bonds is 8. The zero-order chi connectivity index (χ0) is 26.6. The van der Waals surface area contributed by atoms with Gasteiger partial charge in [-0.15, -0.1) is 0 Å². The molecule has 4 aromatic rings. The number of hydrogen-bond donors (Lipinski definition) is 2. The average molecular weight is 620 g/mol. The highest BCUT2D eigenvalue weighted by Crippen LogP contribution is 2.30. The number of anilines is 1. The monoisotopic (exact) mass is 618 g/mol. The van der Waals surface area contributed by atoms with Crippen molar-refractivity contribution in [1.29, 1.82) is 0 Å². The predicted molar refractivity (Wildman–Crippen MR) is 150 cm³/mol. The van der Waals surface area contributed by atoms with Crippen LogP contribution in [0.25, 0.3) is 0 Å². The molecule has 2 N–H and O–H groups in total. The first-order valence-electron chi connectivity index (χ1n) is 11.0. The molecule has 0 aliphatic carbocycles. The van der Waals surface area contributed by atoms with E-state index in [2.05, 4.69) is 26.0 Å². The second-order valence-electron chi connectivity index (χ2n) is 8.05. The van der Waals surface area contributed by atoms with Gasteiger partial charge in [0.25, 0.3) is 15.9 Å². The molecule has 4 rings (SSSR count). The molecule has 0 aromatic heterocycles. The minimum atomic E-state index is -4.03. The molecule has 0 bridgehead atoms. The number of halogens is 3. The summed E-state index contributed by atoms with van der Waals surface area (Å²) in [6, 6.07) is 24.4. The highest BCUT2D eigenvalue weighted by molar-refractivity contribution is 9.10. The van der Waals surface area contributed by atoms with Gasteiger partial charge in [-0.2, -0.15) is 0 Å². The van der Waals surface area contributed by atoms with Crippen LogP contribution in [0.3, 0.4) is 0 Å². The molecule has 10 heteroatoms. The molecule has 0 saturated carbocycles. The first-order chi connectivity index (χ1) is 17.6. The van der Waals surface area contributed by atoms with Crippen molar-refractivity contribution in [2.75, 3.05) is 4.72 Å². The van der Waals surface area contributed by atoms with Crippen molar-refractivity contribution < 1.29 is 17.9 Å². The van der Waals surface area contributed by atoms with Gasteiger partial charge in [-0.25, -0.2) is 8.42 Å². The molecule has 1 atom stereocenters. The van der Waals surface area contributed by atoms with Gasteiger partial charge in [0.1, 0.15) is 11.5 Å². The second-order valence-corrected chi connectivity index (χ2v) is 11.5. The molecule has 190 valence electrons. The van der Waals surface area contributed by atoms with Crippen LogP contribution in [0.4, 0.5) is 5.69 Å². The second kappa shape index (κ2) is 11.6. The lowest BCUT2D eigenvalue weighted by Crippen LogP contribution is -2.28. The standard InChI is InChI=1S/C27H21BrCl2N2O4S/c1-17(18-6-8-19(28)9-7-18)31-27(33)23-16-20(29)10-15-25(23)32-37(34,35)22-13-11-21(12-14-22)36-26-5-3-2-4-24(26)30/h2-17,32H,1H3,(H,31,33)/t17-/m0/s1. The zero-order valence-corrected chi connectivity index (χ0v) is 23.3. The van der Waals surface area contributed by atoms with Gasteiger partial charge in [-0.3, -0.25) is 9.52 Å². The third-order valence-electron chi connectivity index (χ3n) is 5.39. The average Bonchev–Trinajstić information content (AvgIpc) is 2.87. The van der Waals surface area contributed by atoms with Crippen LogP contribution in [0.5, 0.6) is 11.5 Å². The van der Waals surface area contributed by atoms with Crippen molar-refractivity contribution in [1.82, 2.24) is 5.32 Å². The molecule has 1 amide bonds. The number of ether oxygens (including phenoxy) is 1. The molecule has 6 nitrogen and oxygen atoms in total. The summed E-state index contributed by atoms with van der Waals surface area (Å²) in [6.07, 6.45) is 0. The molecule has 0 fully saturated rings. The highest BCUT2D eigenvalue weighted by Gasteiger charge is 2.21. The largest absolute Gasteiger partial charge is 0.456 e. The van der Waals surface area contributed by atoms with E-state index >= 15 is 0 Å². The Morgan fingerprint density at radius 1 is 0.919 bits per heavy atom. The summed E-state index contributed by atoms with van der Waals surface area (Å²) < 4.78 is 35.4. The molecule has 0 heterocycles. The van der Waals surface area contributed by atoms with E-state index in [1.807, 2.05) is 31.2 Å². The van der Waals surface area contributed by atoms with E-state index in [0.29, 0.717) is 21.5 Å². The Labute approximate surface area is 233 Å². The van der Waals surface area contributed by atoms with E-state index in [1.165, 1.54) is 42.5 Å². The number of nitrogens with one attached hydrogen (secondary N) is 2. The Balaban J connectivity index is 1.52. The van der Waals surface area contributed by atoms with Crippen molar-refractivity contribution >= 4 is 60.7 Å². The van der Waals surface area contributed by atoms with E-state index in [1.54, 1.807) is 24.3 Å². The maximum Gasteiger partial charge on any atom is 0.261 e. The van der Waals surface area contributed by atoms with Crippen LogP contribution in [0.15, 0.2) is 100 Å². The van der Waals surface area contributed by atoms with E-state index < -0.39 is 15.9 Å². The normalized spacial score (nSPS) is 12.0. The number of hydrogen-bond acceptors (Lipinski definition) is 4. The lowest BCUT2D eigenvalue weighted by Gasteiger charge is -2.17. The van der Waals surface area contributed by atoms with Crippen molar-refractivity contribution in [2.24, 2.45) is 0 Å². The molecule has 0 unspecified atom stereocenters. The molecular weight excluding hydrogens is 599 g/mol. The number of carbonyl (C=O) groups is 1. The number of benzene rings is 4. The predicted octanol–water partition coefficient (Wildman–Crippen LogP) is 7.84. The number of para-hydroxylation sites is 1. The number of sulfonamides is 1. The van der Waals surface area contributed by atoms with Gasteiger partial charge in [0, 0.05) is 9.50 Å². The molecule has 37 heavy (non-hydrogen) atoms. The van der Waals surface area contributed by atoms with Gasteiger partial charge >= 0.3 is 0 Å². The van der Waals surface area contributed by atoms with Gasteiger partial charge in [-0.1, -0.05) is 63.4 Å². The summed E-state index contributed by atoms with van der Waals surface area (Å²) in [5.41, 5.74) is 1.08. The molecule has 0 radical (unpaired) electrons. The summed E-state index contributed by atoms with van der Waals surface area (Å²) in [4.78, 5) is 13.1. The highest BCUT2D eigenvalue weighted by atomic mass is 79.9. The van der Waals surface area contributed by atoms with Gasteiger partial charge in [0.2, 0.25) is 0 Å². The fourth-order valence-corrected chi connectivity index (χ4v) is 5.14. The van der Waals surface area contributed by atoms with E-state index in [9.17, 15) is 13.2 Å². The van der Waals surface area contributed by atoms with Crippen molar-refractivity contribution in [3.63, 3.8) is 0 Å². The smallest absolute Gasteiger partial charge is 0.261 e. The Morgan fingerprint density at radius 2 is 1.59 bits per heavy atom. The summed E-state index contributed by atoms with van der Waals surface area (Å²) >= 11 is 15.6. The molecule has 0 saturated heterocycles. The van der Waals surface area contributed by atoms with Gasteiger partial charge < -0.3 is 10.1 Å². The fraction of sp³-hybridized carbons (Fsp3) is 0.0741. The lowest BCUT2D eigenvalue weighted by atomic mass is 10.1. The quantitative estimate of drug-likeness (QED) is 0.210.